The van der Waals surface area contributed by atoms with Crippen LogP contribution in [-0.2, 0) is 4.74 Å². The summed E-state index contributed by atoms with van der Waals surface area (Å²) in [6, 6.07) is 5.71. The Hall–Kier alpha value is -1.79. The lowest BCUT2D eigenvalue weighted by Crippen LogP contribution is -2.18. The van der Waals surface area contributed by atoms with Gasteiger partial charge in [-0.2, -0.15) is 4.98 Å². The highest BCUT2D eigenvalue weighted by Gasteiger charge is 2.30. The number of hydrogen-bond acceptors (Lipinski definition) is 6. The minimum absolute atomic E-state index is 0.0949. The van der Waals surface area contributed by atoms with E-state index in [4.69, 9.17) is 15.0 Å². The van der Waals surface area contributed by atoms with E-state index in [0.29, 0.717) is 24.0 Å². The Morgan fingerprint density at radius 3 is 2.95 bits per heavy atom. The number of aromatic nitrogens is 3. The molecule has 0 aromatic carbocycles. The monoisotopic (exact) mass is 260 g/mol. The van der Waals surface area contributed by atoms with Crippen molar-refractivity contribution in [1.29, 1.82) is 0 Å². The molecule has 1 saturated heterocycles. The molecule has 1 fully saturated rings. The molecule has 0 aliphatic carbocycles. The van der Waals surface area contributed by atoms with Crippen LogP contribution in [0.4, 0.5) is 0 Å². The van der Waals surface area contributed by atoms with Gasteiger partial charge in [0.15, 0.2) is 0 Å². The van der Waals surface area contributed by atoms with E-state index in [1.165, 1.54) is 0 Å². The van der Waals surface area contributed by atoms with Crippen LogP contribution >= 0.6 is 0 Å². The Morgan fingerprint density at radius 1 is 1.32 bits per heavy atom. The van der Waals surface area contributed by atoms with Gasteiger partial charge in [0.2, 0.25) is 5.82 Å². The van der Waals surface area contributed by atoms with Gasteiger partial charge in [0.1, 0.15) is 11.8 Å². The zero-order valence-corrected chi connectivity index (χ0v) is 10.7. The van der Waals surface area contributed by atoms with E-state index < -0.39 is 0 Å². The third-order valence-corrected chi connectivity index (χ3v) is 3.21. The number of rotatable bonds is 3. The number of nitrogens with two attached hydrogens (primary N) is 1. The molecule has 2 atom stereocenters. The van der Waals surface area contributed by atoms with E-state index in [9.17, 15) is 0 Å². The standard InChI is InChI=1S/C13H16N4O2/c1-8-3-2-4-10(15-8)12-16-13(19-17-12)11-6-5-9(7-14)18-11/h2-4,9,11H,5-7,14H2,1H3. The van der Waals surface area contributed by atoms with Crippen molar-refractivity contribution in [2.75, 3.05) is 6.54 Å². The molecule has 2 aromatic rings. The Bertz CT molecular complexity index is 569. The first kappa shape index (κ1) is 12.3. The van der Waals surface area contributed by atoms with Crippen molar-refractivity contribution >= 4 is 0 Å². The summed E-state index contributed by atoms with van der Waals surface area (Å²) >= 11 is 0. The maximum atomic E-state index is 5.73. The molecule has 2 N–H and O–H groups in total. The van der Waals surface area contributed by atoms with Crippen molar-refractivity contribution in [1.82, 2.24) is 15.1 Å². The highest BCUT2D eigenvalue weighted by molar-refractivity contribution is 5.48. The third kappa shape index (κ3) is 2.50. The minimum Gasteiger partial charge on any atom is -0.364 e. The molecule has 2 unspecified atom stereocenters. The van der Waals surface area contributed by atoms with Crippen LogP contribution in [0.15, 0.2) is 22.7 Å². The fourth-order valence-electron chi connectivity index (χ4n) is 2.20. The van der Waals surface area contributed by atoms with Crippen molar-refractivity contribution in [2.45, 2.75) is 32.0 Å². The molecule has 100 valence electrons. The second-order valence-corrected chi connectivity index (χ2v) is 4.68. The predicted molar refractivity (Wildman–Crippen MR) is 68.2 cm³/mol. The molecule has 6 heteroatoms. The number of pyridine rings is 1. The fourth-order valence-corrected chi connectivity index (χ4v) is 2.20. The van der Waals surface area contributed by atoms with Gasteiger partial charge in [-0.1, -0.05) is 11.2 Å². The van der Waals surface area contributed by atoms with Gasteiger partial charge in [-0.3, -0.25) is 0 Å². The van der Waals surface area contributed by atoms with Crippen molar-refractivity contribution in [3.8, 4) is 11.5 Å². The van der Waals surface area contributed by atoms with Gasteiger partial charge in [0.05, 0.1) is 6.10 Å². The van der Waals surface area contributed by atoms with Gasteiger partial charge in [-0.15, -0.1) is 0 Å². The predicted octanol–water partition coefficient (Wildman–Crippen LogP) is 1.62. The van der Waals surface area contributed by atoms with Crippen LogP contribution in [0.1, 0.15) is 30.5 Å². The summed E-state index contributed by atoms with van der Waals surface area (Å²) in [5, 5.41) is 3.96. The summed E-state index contributed by atoms with van der Waals surface area (Å²) in [6.07, 6.45) is 1.75. The molecule has 19 heavy (non-hydrogen) atoms. The maximum Gasteiger partial charge on any atom is 0.256 e. The molecule has 0 bridgehead atoms. The quantitative estimate of drug-likeness (QED) is 0.902. The SMILES string of the molecule is Cc1cccc(-c2noc(C3CCC(CN)O3)n2)n1. The summed E-state index contributed by atoms with van der Waals surface area (Å²) in [6.45, 7) is 2.45. The summed E-state index contributed by atoms with van der Waals surface area (Å²) < 4.78 is 11.0. The van der Waals surface area contributed by atoms with Gasteiger partial charge in [-0.25, -0.2) is 4.98 Å². The van der Waals surface area contributed by atoms with Gasteiger partial charge in [0, 0.05) is 12.2 Å². The molecule has 0 radical (unpaired) electrons. The molecule has 1 aliphatic rings. The number of ether oxygens (including phenoxy) is 1. The second kappa shape index (κ2) is 5.07. The maximum absolute atomic E-state index is 5.73. The molecule has 3 rings (SSSR count). The topological polar surface area (TPSA) is 87.1 Å². The van der Waals surface area contributed by atoms with E-state index in [2.05, 4.69) is 15.1 Å². The lowest BCUT2D eigenvalue weighted by molar-refractivity contribution is 0.0307. The summed E-state index contributed by atoms with van der Waals surface area (Å²) in [5.74, 6) is 1.01. The van der Waals surface area contributed by atoms with Crippen LogP contribution < -0.4 is 5.73 Å². The van der Waals surface area contributed by atoms with Crippen LogP contribution in [0.2, 0.25) is 0 Å². The molecule has 2 aromatic heterocycles. The molecule has 1 aliphatic heterocycles. The highest BCUT2D eigenvalue weighted by Crippen LogP contribution is 2.32. The first-order chi connectivity index (χ1) is 9.26. The van der Waals surface area contributed by atoms with E-state index >= 15 is 0 Å². The average molecular weight is 260 g/mol. The average Bonchev–Trinajstić information content (AvgIpc) is 3.07. The molecular formula is C13H16N4O2. The van der Waals surface area contributed by atoms with Crippen LogP contribution in [0, 0.1) is 6.92 Å². The number of nitrogens with zero attached hydrogens (tertiary/aromatic N) is 3. The zero-order chi connectivity index (χ0) is 13.2. The molecule has 3 heterocycles. The van der Waals surface area contributed by atoms with E-state index in [0.717, 1.165) is 18.5 Å². The fraction of sp³-hybridized carbons (Fsp3) is 0.462. The minimum atomic E-state index is -0.139. The first-order valence-electron chi connectivity index (χ1n) is 6.39. The van der Waals surface area contributed by atoms with Gasteiger partial charge >= 0.3 is 0 Å². The molecule has 0 amide bonds. The lowest BCUT2D eigenvalue weighted by Gasteiger charge is -2.07. The van der Waals surface area contributed by atoms with E-state index in [1.807, 2.05) is 25.1 Å². The van der Waals surface area contributed by atoms with Crippen LogP contribution in [0.25, 0.3) is 11.5 Å². The lowest BCUT2D eigenvalue weighted by atomic mass is 10.2. The van der Waals surface area contributed by atoms with Crippen molar-refractivity contribution < 1.29 is 9.26 Å². The number of aryl methyl sites for hydroxylation is 1. The van der Waals surface area contributed by atoms with Crippen LogP contribution in [0.5, 0.6) is 0 Å². The van der Waals surface area contributed by atoms with Crippen molar-refractivity contribution in [2.24, 2.45) is 5.73 Å². The first-order valence-corrected chi connectivity index (χ1v) is 6.39. The van der Waals surface area contributed by atoms with Crippen molar-refractivity contribution in [3.63, 3.8) is 0 Å². The van der Waals surface area contributed by atoms with Gasteiger partial charge < -0.3 is 15.0 Å². The molecule has 0 saturated carbocycles. The zero-order valence-electron chi connectivity index (χ0n) is 10.7. The van der Waals surface area contributed by atoms with E-state index in [-0.39, 0.29) is 12.2 Å². The molecule has 6 nitrogen and oxygen atoms in total. The third-order valence-electron chi connectivity index (χ3n) is 3.21. The van der Waals surface area contributed by atoms with Crippen LogP contribution in [0.3, 0.4) is 0 Å². The second-order valence-electron chi connectivity index (χ2n) is 4.68. The van der Waals surface area contributed by atoms with Crippen LogP contribution in [-0.4, -0.2) is 27.8 Å². The molecule has 0 spiro atoms. The highest BCUT2D eigenvalue weighted by atomic mass is 16.5. The smallest absolute Gasteiger partial charge is 0.256 e. The largest absolute Gasteiger partial charge is 0.364 e. The van der Waals surface area contributed by atoms with Crippen molar-refractivity contribution in [3.05, 3.63) is 29.8 Å². The Morgan fingerprint density at radius 2 is 2.21 bits per heavy atom. The Kier molecular flexibility index (Phi) is 3.27. The van der Waals surface area contributed by atoms with Gasteiger partial charge in [-0.05, 0) is 31.9 Å². The normalized spacial score (nSPS) is 22.8. The molecular weight excluding hydrogens is 244 g/mol. The Balaban J connectivity index is 1.80. The summed E-state index contributed by atoms with van der Waals surface area (Å²) in [5.41, 5.74) is 7.22. The van der Waals surface area contributed by atoms with Gasteiger partial charge in [0.25, 0.3) is 5.89 Å². The Labute approximate surface area is 111 Å². The van der Waals surface area contributed by atoms with E-state index in [1.54, 1.807) is 0 Å². The summed E-state index contributed by atoms with van der Waals surface area (Å²) in [7, 11) is 0. The number of hydrogen-bond donors (Lipinski definition) is 1. The summed E-state index contributed by atoms with van der Waals surface area (Å²) in [4.78, 5) is 8.73.